The highest BCUT2D eigenvalue weighted by molar-refractivity contribution is 5.47. The fourth-order valence-electron chi connectivity index (χ4n) is 1.71. The van der Waals surface area contributed by atoms with Gasteiger partial charge in [0, 0.05) is 31.4 Å². The standard InChI is InChI=1S/C11H15N3/c12-9-10-5-4-6-13-11(10)14-7-2-1-3-8-14/h1-2,4-6H,3,7-9,12H2. The second-order valence-electron chi connectivity index (χ2n) is 3.40. The summed E-state index contributed by atoms with van der Waals surface area (Å²) < 4.78 is 0. The van der Waals surface area contributed by atoms with E-state index in [1.54, 1.807) is 0 Å². The highest BCUT2D eigenvalue weighted by Gasteiger charge is 2.11. The minimum absolute atomic E-state index is 0.559. The van der Waals surface area contributed by atoms with Crippen LogP contribution in [0.5, 0.6) is 0 Å². The summed E-state index contributed by atoms with van der Waals surface area (Å²) in [6.07, 6.45) is 7.31. The van der Waals surface area contributed by atoms with Gasteiger partial charge in [-0.25, -0.2) is 4.98 Å². The summed E-state index contributed by atoms with van der Waals surface area (Å²) in [5.41, 5.74) is 6.80. The second-order valence-corrected chi connectivity index (χ2v) is 3.40. The van der Waals surface area contributed by atoms with Crippen molar-refractivity contribution in [1.29, 1.82) is 0 Å². The summed E-state index contributed by atoms with van der Waals surface area (Å²) in [5.74, 6) is 1.04. The number of pyridine rings is 1. The van der Waals surface area contributed by atoms with Gasteiger partial charge >= 0.3 is 0 Å². The lowest BCUT2D eigenvalue weighted by atomic mass is 10.2. The first-order valence-electron chi connectivity index (χ1n) is 4.95. The topological polar surface area (TPSA) is 42.1 Å². The normalized spacial score (nSPS) is 15.9. The van der Waals surface area contributed by atoms with E-state index in [2.05, 4.69) is 22.0 Å². The molecule has 0 aromatic carbocycles. The molecule has 2 N–H and O–H groups in total. The molecule has 0 radical (unpaired) electrons. The maximum absolute atomic E-state index is 5.67. The number of rotatable bonds is 2. The van der Waals surface area contributed by atoms with Crippen LogP contribution in [-0.4, -0.2) is 18.1 Å². The molecule has 2 heterocycles. The second kappa shape index (κ2) is 4.24. The molecule has 3 heteroatoms. The Morgan fingerprint density at radius 3 is 3.07 bits per heavy atom. The third-order valence-electron chi connectivity index (χ3n) is 2.45. The van der Waals surface area contributed by atoms with E-state index in [4.69, 9.17) is 5.73 Å². The predicted octanol–water partition coefficient (Wildman–Crippen LogP) is 1.31. The minimum atomic E-state index is 0.559. The Kier molecular flexibility index (Phi) is 2.79. The van der Waals surface area contributed by atoms with Crippen molar-refractivity contribution in [3.05, 3.63) is 36.0 Å². The third-order valence-corrected chi connectivity index (χ3v) is 2.45. The first kappa shape index (κ1) is 9.21. The molecule has 1 aromatic heterocycles. The van der Waals surface area contributed by atoms with Crippen LogP contribution in [0, 0.1) is 0 Å². The van der Waals surface area contributed by atoms with E-state index in [-0.39, 0.29) is 0 Å². The van der Waals surface area contributed by atoms with Gasteiger partial charge in [-0.1, -0.05) is 18.2 Å². The third kappa shape index (κ3) is 1.77. The van der Waals surface area contributed by atoms with E-state index in [1.165, 1.54) is 0 Å². The number of anilines is 1. The van der Waals surface area contributed by atoms with Crippen molar-refractivity contribution >= 4 is 5.82 Å². The van der Waals surface area contributed by atoms with Gasteiger partial charge in [-0.15, -0.1) is 0 Å². The molecule has 14 heavy (non-hydrogen) atoms. The van der Waals surface area contributed by atoms with E-state index in [1.807, 2.05) is 18.3 Å². The molecule has 74 valence electrons. The van der Waals surface area contributed by atoms with Crippen LogP contribution in [0.4, 0.5) is 5.82 Å². The number of aromatic nitrogens is 1. The van der Waals surface area contributed by atoms with Crippen molar-refractivity contribution in [1.82, 2.24) is 4.98 Å². The highest BCUT2D eigenvalue weighted by Crippen LogP contribution is 2.18. The molecule has 0 saturated carbocycles. The maximum Gasteiger partial charge on any atom is 0.133 e. The molecule has 0 fully saturated rings. The molecule has 1 aliphatic rings. The first-order valence-corrected chi connectivity index (χ1v) is 4.95. The molecule has 2 rings (SSSR count). The summed E-state index contributed by atoms with van der Waals surface area (Å²) in [6, 6.07) is 3.98. The summed E-state index contributed by atoms with van der Waals surface area (Å²) >= 11 is 0. The van der Waals surface area contributed by atoms with Crippen molar-refractivity contribution in [2.24, 2.45) is 5.73 Å². The van der Waals surface area contributed by atoms with Crippen LogP contribution in [0.3, 0.4) is 0 Å². The highest BCUT2D eigenvalue weighted by atomic mass is 15.2. The molecular formula is C11H15N3. The fourth-order valence-corrected chi connectivity index (χ4v) is 1.71. The van der Waals surface area contributed by atoms with E-state index >= 15 is 0 Å². The van der Waals surface area contributed by atoms with Crippen molar-refractivity contribution in [3.8, 4) is 0 Å². The van der Waals surface area contributed by atoms with Gasteiger partial charge in [-0.2, -0.15) is 0 Å². The average Bonchev–Trinajstić information content (AvgIpc) is 2.30. The van der Waals surface area contributed by atoms with E-state index in [9.17, 15) is 0 Å². The van der Waals surface area contributed by atoms with Crippen LogP contribution in [0.15, 0.2) is 30.5 Å². The van der Waals surface area contributed by atoms with Crippen LogP contribution < -0.4 is 10.6 Å². The molecule has 0 spiro atoms. The van der Waals surface area contributed by atoms with Gasteiger partial charge < -0.3 is 10.6 Å². The lowest BCUT2D eigenvalue weighted by Gasteiger charge is -2.26. The van der Waals surface area contributed by atoms with Gasteiger partial charge in [0.05, 0.1) is 0 Å². The van der Waals surface area contributed by atoms with Gasteiger partial charge in [-0.05, 0) is 12.5 Å². The minimum Gasteiger partial charge on any atom is -0.352 e. The SMILES string of the molecule is NCc1cccnc1N1CC=CCC1. The number of nitrogens with zero attached hydrogens (tertiary/aromatic N) is 2. The van der Waals surface area contributed by atoms with Crippen LogP contribution in [-0.2, 0) is 6.54 Å². The molecular weight excluding hydrogens is 174 g/mol. The zero-order valence-corrected chi connectivity index (χ0v) is 8.19. The van der Waals surface area contributed by atoms with Crippen molar-refractivity contribution < 1.29 is 0 Å². The summed E-state index contributed by atoms with van der Waals surface area (Å²) in [5, 5.41) is 0. The Labute approximate surface area is 84.2 Å². The Bertz CT molecular complexity index is 333. The summed E-state index contributed by atoms with van der Waals surface area (Å²) in [4.78, 5) is 6.65. The first-order chi connectivity index (χ1) is 6.92. The smallest absolute Gasteiger partial charge is 0.133 e. The monoisotopic (exact) mass is 189 g/mol. The average molecular weight is 189 g/mol. The molecule has 0 saturated heterocycles. The lowest BCUT2D eigenvalue weighted by Crippen LogP contribution is -2.29. The van der Waals surface area contributed by atoms with E-state index < -0.39 is 0 Å². The Hall–Kier alpha value is -1.35. The van der Waals surface area contributed by atoms with Gasteiger partial charge in [0.15, 0.2) is 0 Å². The van der Waals surface area contributed by atoms with Crippen molar-refractivity contribution in [3.63, 3.8) is 0 Å². The lowest BCUT2D eigenvalue weighted by molar-refractivity contribution is 0.795. The molecule has 0 unspecified atom stereocenters. The van der Waals surface area contributed by atoms with Crippen LogP contribution >= 0.6 is 0 Å². The van der Waals surface area contributed by atoms with Crippen molar-refractivity contribution in [2.45, 2.75) is 13.0 Å². The van der Waals surface area contributed by atoms with Gasteiger partial charge in [0.25, 0.3) is 0 Å². The molecule has 1 aliphatic heterocycles. The number of hydrogen-bond donors (Lipinski definition) is 1. The van der Waals surface area contributed by atoms with Crippen LogP contribution in [0.2, 0.25) is 0 Å². The quantitative estimate of drug-likeness (QED) is 0.713. The number of nitrogens with two attached hydrogens (primary N) is 1. The van der Waals surface area contributed by atoms with E-state index in [0.29, 0.717) is 6.54 Å². The maximum atomic E-state index is 5.67. The zero-order valence-electron chi connectivity index (χ0n) is 8.19. The largest absolute Gasteiger partial charge is 0.352 e. The Morgan fingerprint density at radius 1 is 1.43 bits per heavy atom. The summed E-state index contributed by atoms with van der Waals surface area (Å²) in [6.45, 7) is 2.55. The molecule has 1 aromatic rings. The van der Waals surface area contributed by atoms with E-state index in [0.717, 1.165) is 30.9 Å². The fraction of sp³-hybridized carbons (Fsp3) is 0.364. The zero-order chi connectivity index (χ0) is 9.80. The molecule has 0 atom stereocenters. The summed E-state index contributed by atoms with van der Waals surface area (Å²) in [7, 11) is 0. The number of hydrogen-bond acceptors (Lipinski definition) is 3. The van der Waals surface area contributed by atoms with Crippen LogP contribution in [0.1, 0.15) is 12.0 Å². The molecule has 0 amide bonds. The van der Waals surface area contributed by atoms with Gasteiger partial charge in [0.2, 0.25) is 0 Å². The molecule has 3 nitrogen and oxygen atoms in total. The predicted molar refractivity (Wildman–Crippen MR) is 58.1 cm³/mol. The Morgan fingerprint density at radius 2 is 2.36 bits per heavy atom. The van der Waals surface area contributed by atoms with Gasteiger partial charge in [-0.3, -0.25) is 0 Å². The van der Waals surface area contributed by atoms with Crippen molar-refractivity contribution in [2.75, 3.05) is 18.0 Å². The molecule has 0 bridgehead atoms. The van der Waals surface area contributed by atoms with Gasteiger partial charge in [0.1, 0.15) is 5.82 Å². The van der Waals surface area contributed by atoms with Crippen LogP contribution in [0.25, 0.3) is 0 Å². The molecule has 0 aliphatic carbocycles. The Balaban J connectivity index is 2.25.